The standard InChI is InChI=1S/C34H47ClF2N4O2.2H3O4P/c1-21(2)41(24(5)42)23(4)28-17-22(3)30(35)19-32(28)38-13-15-39(16-14-38)33(43)27-11-12-40(34(6,7)8)20-29(27)26-10-9-25(36)18-31(26)37;2*1-5(2,3)4/h9-10,17-19,21,23,27,29H,11-16,20H2,1-8H3;2*(H3,1,2,3,4)/t23-,27-,29+;;/m1../s1. The minimum Gasteiger partial charge on any atom is -0.756 e. The molecule has 14 nitrogen and oxygen atoms in total. The van der Waals surface area contributed by atoms with Gasteiger partial charge in [-0.3, -0.25) is 14.2 Å². The van der Waals surface area contributed by atoms with Gasteiger partial charge in [0.25, 0.3) is 7.82 Å². The summed E-state index contributed by atoms with van der Waals surface area (Å²) in [5, 5.41) is 0.667. The molecule has 0 saturated carbocycles. The van der Waals surface area contributed by atoms with Crippen molar-refractivity contribution < 1.29 is 61.8 Å². The first-order valence-corrected chi connectivity index (χ1v) is 20.5. The molecule has 19 heteroatoms. The molecule has 53 heavy (non-hydrogen) atoms. The number of aryl methyl sites for hydroxylation is 1. The maximum absolute atomic E-state index is 15.1. The van der Waals surface area contributed by atoms with Crippen molar-refractivity contribution in [2.75, 3.05) is 44.2 Å². The van der Waals surface area contributed by atoms with Crippen LogP contribution in [0.1, 0.15) is 83.5 Å². The fourth-order valence-electron chi connectivity index (χ4n) is 7.08. The van der Waals surface area contributed by atoms with Gasteiger partial charge < -0.3 is 49.0 Å². The van der Waals surface area contributed by atoms with Crippen molar-refractivity contribution in [3.8, 4) is 0 Å². The van der Waals surface area contributed by atoms with E-state index in [1.54, 1.807) is 6.92 Å². The fourth-order valence-corrected chi connectivity index (χ4v) is 7.24. The first kappa shape index (κ1) is 46.7. The lowest BCUT2D eigenvalue weighted by molar-refractivity contribution is -0.953. The number of likely N-dealkylation sites (tertiary alicyclic amines) is 1. The number of halogens is 3. The van der Waals surface area contributed by atoms with Gasteiger partial charge in [0.05, 0.1) is 30.6 Å². The molecule has 6 N–H and O–H groups in total. The zero-order valence-corrected chi connectivity index (χ0v) is 33.8. The molecule has 300 valence electrons. The van der Waals surface area contributed by atoms with Crippen LogP contribution in [0.15, 0.2) is 30.3 Å². The summed E-state index contributed by atoms with van der Waals surface area (Å²) in [6.45, 7) is 19.9. The summed E-state index contributed by atoms with van der Waals surface area (Å²) < 4.78 is 46.5. The number of benzene rings is 2. The van der Waals surface area contributed by atoms with Crippen molar-refractivity contribution in [2.45, 2.75) is 85.4 Å². The second-order valence-corrected chi connectivity index (χ2v) is 17.1. The predicted octanol–water partition coefficient (Wildman–Crippen LogP) is 2.89. The molecule has 4 atom stereocenters. The monoisotopic (exact) mass is 812 g/mol. The van der Waals surface area contributed by atoms with Gasteiger partial charge in [0.1, 0.15) is 11.6 Å². The van der Waals surface area contributed by atoms with Crippen LogP contribution in [-0.4, -0.2) is 96.9 Å². The van der Waals surface area contributed by atoms with E-state index in [-0.39, 0.29) is 41.3 Å². The Balaban J connectivity index is 0.000000858. The summed E-state index contributed by atoms with van der Waals surface area (Å²) in [7, 11) is -9.53. The number of phosphoric acid groups is 2. The molecule has 2 fully saturated rings. The highest BCUT2D eigenvalue weighted by Crippen LogP contribution is 2.37. The van der Waals surface area contributed by atoms with Crippen LogP contribution in [0.25, 0.3) is 0 Å². The van der Waals surface area contributed by atoms with Crippen molar-refractivity contribution in [3.63, 3.8) is 0 Å². The van der Waals surface area contributed by atoms with Gasteiger partial charge in [0.2, 0.25) is 11.8 Å². The topological polar surface area (TPSA) is 207 Å². The Morgan fingerprint density at radius 1 is 1.00 bits per heavy atom. The minimum atomic E-state index is -4.89. The van der Waals surface area contributed by atoms with Crippen molar-refractivity contribution in [1.29, 1.82) is 0 Å². The van der Waals surface area contributed by atoms with Crippen LogP contribution in [0.5, 0.6) is 0 Å². The first-order chi connectivity index (χ1) is 24.1. The number of quaternary nitrogens is 1. The number of amides is 2. The number of piperidine rings is 1. The van der Waals surface area contributed by atoms with E-state index in [0.717, 1.165) is 29.4 Å². The van der Waals surface area contributed by atoms with Gasteiger partial charge in [0.15, 0.2) is 0 Å². The smallest absolute Gasteiger partial charge is 0.466 e. The number of anilines is 1. The Morgan fingerprint density at radius 3 is 1.98 bits per heavy atom. The third kappa shape index (κ3) is 14.6. The van der Waals surface area contributed by atoms with E-state index >= 15 is 4.39 Å². The summed E-state index contributed by atoms with van der Waals surface area (Å²) in [6, 6.07) is 7.69. The van der Waals surface area contributed by atoms with E-state index in [9.17, 15) is 14.0 Å². The summed E-state index contributed by atoms with van der Waals surface area (Å²) in [5.74, 6) is -1.83. The molecular formula is C34H53ClF2N4O10P2. The molecule has 2 amide bonds. The average Bonchev–Trinajstić information content (AvgIpc) is 2.99. The first-order valence-electron chi connectivity index (χ1n) is 17.1. The number of hydrogen-bond acceptors (Lipinski definition) is 6. The highest BCUT2D eigenvalue weighted by Gasteiger charge is 2.44. The Hall–Kier alpha value is -2.49. The largest absolute Gasteiger partial charge is 0.756 e. The molecule has 0 spiro atoms. The van der Waals surface area contributed by atoms with Gasteiger partial charge in [0, 0.05) is 68.3 Å². The number of nitrogens with zero attached hydrogens (tertiary/aromatic N) is 3. The second kappa shape index (κ2) is 18.9. The molecule has 0 aliphatic carbocycles. The van der Waals surface area contributed by atoms with E-state index < -0.39 is 27.3 Å². The molecule has 2 saturated heterocycles. The molecule has 0 radical (unpaired) electrons. The van der Waals surface area contributed by atoms with Crippen LogP contribution in [0.2, 0.25) is 5.02 Å². The summed E-state index contributed by atoms with van der Waals surface area (Å²) in [4.78, 5) is 78.5. The van der Waals surface area contributed by atoms with Gasteiger partial charge in [-0.05, 0) is 77.3 Å². The van der Waals surface area contributed by atoms with Crippen molar-refractivity contribution >= 4 is 44.7 Å². The third-order valence-corrected chi connectivity index (χ3v) is 9.88. The lowest BCUT2D eigenvalue weighted by Crippen LogP contribution is -3.20. The lowest BCUT2D eigenvalue weighted by Gasteiger charge is -2.44. The highest BCUT2D eigenvalue weighted by molar-refractivity contribution is 7.45. The lowest BCUT2D eigenvalue weighted by atomic mass is 9.78. The van der Waals surface area contributed by atoms with Gasteiger partial charge in [-0.2, -0.15) is 0 Å². The van der Waals surface area contributed by atoms with Crippen LogP contribution >= 0.6 is 27.2 Å². The molecule has 0 aromatic heterocycles. The number of carbonyl (C=O) groups is 2. The van der Waals surface area contributed by atoms with Crippen LogP contribution in [0.3, 0.4) is 0 Å². The zero-order chi connectivity index (χ0) is 40.8. The zero-order valence-electron chi connectivity index (χ0n) is 31.3. The second-order valence-electron chi connectivity index (χ2n) is 14.6. The predicted molar refractivity (Wildman–Crippen MR) is 195 cm³/mol. The van der Waals surface area contributed by atoms with Crippen LogP contribution in [-0.2, 0) is 18.7 Å². The number of rotatable bonds is 6. The number of nitrogens with one attached hydrogen (secondary N) is 1. The summed E-state index contributed by atoms with van der Waals surface area (Å²) in [5.41, 5.74) is 3.35. The molecule has 2 aliphatic rings. The SMILES string of the molecule is CC(=O)N(C(C)C)[C@H](C)c1cc(C)c(Cl)cc1N1CCN(C(=O)[C@@H]2CC[NH+](C(C)(C)C)C[C@H]2c2ccc(F)cc2F)CC1.O=P(O)(O)O.O=P([O-])(O)O. The molecule has 2 aromatic carbocycles. The molecule has 4 rings (SSSR count). The molecule has 0 bridgehead atoms. The Labute approximate surface area is 314 Å². The van der Waals surface area contributed by atoms with Crippen molar-refractivity contribution in [2.24, 2.45) is 5.92 Å². The van der Waals surface area contributed by atoms with Gasteiger partial charge >= 0.3 is 7.82 Å². The molecule has 2 aromatic rings. The Bertz CT molecular complexity index is 1640. The number of piperazine rings is 1. The molecular weight excluding hydrogens is 760 g/mol. The van der Waals surface area contributed by atoms with Crippen LogP contribution in [0, 0.1) is 24.5 Å². The van der Waals surface area contributed by atoms with Crippen molar-refractivity contribution in [1.82, 2.24) is 9.80 Å². The fraction of sp³-hybridized carbons (Fsp3) is 0.588. The van der Waals surface area contributed by atoms with Crippen LogP contribution in [0.4, 0.5) is 14.5 Å². The maximum atomic E-state index is 15.1. The molecule has 2 heterocycles. The Morgan fingerprint density at radius 2 is 1.53 bits per heavy atom. The number of hydrogen-bond donors (Lipinski definition) is 6. The van der Waals surface area contributed by atoms with E-state index in [1.165, 1.54) is 17.0 Å². The highest BCUT2D eigenvalue weighted by atomic mass is 35.5. The van der Waals surface area contributed by atoms with E-state index in [0.29, 0.717) is 49.7 Å². The minimum absolute atomic E-state index is 0.0166. The van der Waals surface area contributed by atoms with Crippen molar-refractivity contribution in [3.05, 3.63) is 63.7 Å². The normalized spacial score (nSPS) is 20.2. The third-order valence-electron chi connectivity index (χ3n) is 9.48. The summed E-state index contributed by atoms with van der Waals surface area (Å²) in [6.07, 6.45) is 0.651. The maximum Gasteiger partial charge on any atom is 0.466 e. The average molecular weight is 813 g/mol. The number of carbonyl (C=O) groups excluding carboxylic acids is 2. The van der Waals surface area contributed by atoms with Gasteiger partial charge in [-0.15, -0.1) is 0 Å². The van der Waals surface area contributed by atoms with E-state index in [4.69, 9.17) is 50.1 Å². The van der Waals surface area contributed by atoms with E-state index in [1.807, 2.05) is 43.6 Å². The van der Waals surface area contributed by atoms with E-state index in [2.05, 4.69) is 31.7 Å². The molecule has 2 aliphatic heterocycles. The summed E-state index contributed by atoms with van der Waals surface area (Å²) >= 11 is 6.61. The molecule has 1 unspecified atom stereocenters. The van der Waals surface area contributed by atoms with Gasteiger partial charge in [-0.1, -0.05) is 23.7 Å². The Kier molecular flexibility index (Phi) is 16.6. The van der Waals surface area contributed by atoms with Gasteiger partial charge in [-0.25, -0.2) is 13.3 Å². The van der Waals surface area contributed by atoms with Crippen LogP contribution < -0.4 is 14.7 Å². The quantitative estimate of drug-likeness (QED) is 0.234.